The Labute approximate surface area is 127 Å². The van der Waals surface area contributed by atoms with E-state index in [0.717, 1.165) is 23.3 Å². The molecule has 1 aromatic carbocycles. The Balaban J connectivity index is 1.47. The predicted molar refractivity (Wildman–Crippen MR) is 83.6 cm³/mol. The second kappa shape index (κ2) is 6.64. The van der Waals surface area contributed by atoms with E-state index in [4.69, 9.17) is 4.74 Å². The molecular weight excluding hydrogens is 260 g/mol. The van der Waals surface area contributed by atoms with Gasteiger partial charge in [-0.1, -0.05) is 50.1 Å². The Morgan fingerprint density at radius 3 is 2.62 bits per heavy atom. The van der Waals surface area contributed by atoms with Crippen LogP contribution in [0.1, 0.15) is 51.0 Å². The van der Waals surface area contributed by atoms with Crippen molar-refractivity contribution < 1.29 is 9.53 Å². The number of ether oxygens (including phenoxy) is 1. The average molecular weight is 286 g/mol. The van der Waals surface area contributed by atoms with E-state index in [1.54, 1.807) is 0 Å². The highest BCUT2D eigenvalue weighted by atomic mass is 16.5. The van der Waals surface area contributed by atoms with E-state index in [1.807, 2.05) is 30.3 Å². The molecule has 0 radical (unpaired) electrons. The van der Waals surface area contributed by atoms with Crippen molar-refractivity contribution in [3.63, 3.8) is 0 Å². The van der Waals surface area contributed by atoms with Crippen LogP contribution in [0.15, 0.2) is 30.3 Å². The number of hydrogen-bond acceptors (Lipinski definition) is 2. The van der Waals surface area contributed by atoms with Gasteiger partial charge in [0, 0.05) is 6.42 Å². The van der Waals surface area contributed by atoms with Gasteiger partial charge in [0.15, 0.2) is 0 Å². The van der Waals surface area contributed by atoms with Crippen LogP contribution in [0.4, 0.5) is 0 Å². The lowest BCUT2D eigenvalue weighted by Gasteiger charge is -2.28. The molecule has 2 fully saturated rings. The molecule has 3 rings (SSSR count). The number of benzene rings is 1. The SMILES string of the molecule is CCCC1CC2CC(CC(=O)OCc3ccccc3)C1C2. The zero-order valence-corrected chi connectivity index (χ0v) is 13.0. The fourth-order valence-corrected chi connectivity index (χ4v) is 4.60. The largest absolute Gasteiger partial charge is 0.461 e. The monoisotopic (exact) mass is 286 g/mol. The van der Waals surface area contributed by atoms with Gasteiger partial charge in [-0.05, 0) is 48.5 Å². The normalized spacial score (nSPS) is 30.5. The summed E-state index contributed by atoms with van der Waals surface area (Å²) >= 11 is 0. The first-order valence-electron chi connectivity index (χ1n) is 8.45. The molecule has 0 amide bonds. The molecule has 0 N–H and O–H groups in total. The lowest BCUT2D eigenvalue weighted by atomic mass is 9.77. The van der Waals surface area contributed by atoms with Crippen LogP contribution in [0.3, 0.4) is 0 Å². The van der Waals surface area contributed by atoms with Crippen LogP contribution in [0, 0.1) is 23.7 Å². The third-order valence-corrected chi connectivity index (χ3v) is 5.42. The van der Waals surface area contributed by atoms with Gasteiger partial charge >= 0.3 is 5.97 Å². The molecular formula is C19H26O2. The molecule has 0 aliphatic heterocycles. The Morgan fingerprint density at radius 2 is 1.90 bits per heavy atom. The molecule has 0 saturated heterocycles. The third kappa shape index (κ3) is 3.48. The summed E-state index contributed by atoms with van der Waals surface area (Å²) in [7, 11) is 0. The van der Waals surface area contributed by atoms with Crippen molar-refractivity contribution in [3.05, 3.63) is 35.9 Å². The summed E-state index contributed by atoms with van der Waals surface area (Å²) in [5, 5.41) is 0. The number of carbonyl (C=O) groups is 1. The highest BCUT2D eigenvalue weighted by Crippen LogP contribution is 2.54. The number of hydrogen-bond donors (Lipinski definition) is 0. The van der Waals surface area contributed by atoms with E-state index in [-0.39, 0.29) is 5.97 Å². The van der Waals surface area contributed by atoms with Crippen molar-refractivity contribution >= 4 is 5.97 Å². The fraction of sp³-hybridized carbons (Fsp3) is 0.632. The van der Waals surface area contributed by atoms with Crippen LogP contribution in [-0.4, -0.2) is 5.97 Å². The van der Waals surface area contributed by atoms with E-state index in [2.05, 4.69) is 6.92 Å². The van der Waals surface area contributed by atoms with Crippen LogP contribution >= 0.6 is 0 Å². The van der Waals surface area contributed by atoms with Crippen molar-refractivity contribution in [2.45, 2.75) is 52.1 Å². The molecule has 1 aromatic rings. The maximum atomic E-state index is 12.1. The molecule has 21 heavy (non-hydrogen) atoms. The first kappa shape index (κ1) is 14.6. The molecule has 4 atom stereocenters. The van der Waals surface area contributed by atoms with Gasteiger partial charge in [0.1, 0.15) is 6.61 Å². The topological polar surface area (TPSA) is 26.3 Å². The maximum Gasteiger partial charge on any atom is 0.306 e. The zero-order chi connectivity index (χ0) is 14.7. The maximum absolute atomic E-state index is 12.1. The van der Waals surface area contributed by atoms with Crippen LogP contribution < -0.4 is 0 Å². The number of fused-ring (bicyclic) bond motifs is 2. The minimum absolute atomic E-state index is 0.00773. The van der Waals surface area contributed by atoms with Gasteiger partial charge in [-0.2, -0.15) is 0 Å². The first-order chi connectivity index (χ1) is 10.3. The van der Waals surface area contributed by atoms with Crippen LogP contribution in [0.2, 0.25) is 0 Å². The Bertz CT molecular complexity index is 468. The van der Waals surface area contributed by atoms with Gasteiger partial charge in [-0.3, -0.25) is 4.79 Å². The molecule has 2 saturated carbocycles. The molecule has 2 aliphatic carbocycles. The van der Waals surface area contributed by atoms with Crippen molar-refractivity contribution in [2.24, 2.45) is 23.7 Å². The highest BCUT2D eigenvalue weighted by molar-refractivity contribution is 5.69. The first-order valence-corrected chi connectivity index (χ1v) is 8.45. The zero-order valence-electron chi connectivity index (χ0n) is 13.0. The molecule has 0 aromatic heterocycles. The summed E-state index contributed by atoms with van der Waals surface area (Å²) in [4.78, 5) is 12.1. The van der Waals surface area contributed by atoms with Crippen LogP contribution in [0.5, 0.6) is 0 Å². The van der Waals surface area contributed by atoms with E-state index in [0.29, 0.717) is 18.9 Å². The van der Waals surface area contributed by atoms with Gasteiger partial charge in [-0.15, -0.1) is 0 Å². The lowest BCUT2D eigenvalue weighted by molar-refractivity contribution is -0.146. The molecule has 2 aliphatic rings. The third-order valence-electron chi connectivity index (χ3n) is 5.42. The molecule has 2 bridgehead atoms. The van der Waals surface area contributed by atoms with Crippen molar-refractivity contribution in [2.75, 3.05) is 0 Å². The minimum atomic E-state index is -0.00773. The van der Waals surface area contributed by atoms with Crippen molar-refractivity contribution in [1.29, 1.82) is 0 Å². The summed E-state index contributed by atoms with van der Waals surface area (Å²) in [6.45, 7) is 2.69. The van der Waals surface area contributed by atoms with Crippen molar-refractivity contribution in [1.82, 2.24) is 0 Å². The van der Waals surface area contributed by atoms with Crippen molar-refractivity contribution in [3.8, 4) is 0 Å². The van der Waals surface area contributed by atoms with Gasteiger partial charge < -0.3 is 4.74 Å². The average Bonchev–Trinajstić information content (AvgIpc) is 3.06. The summed E-state index contributed by atoms with van der Waals surface area (Å²) in [6, 6.07) is 9.95. The molecule has 0 heterocycles. The van der Waals surface area contributed by atoms with Gasteiger partial charge in [0.05, 0.1) is 0 Å². The standard InChI is InChI=1S/C19H26O2/c1-2-6-16-9-15-10-17(18(16)11-15)12-19(20)21-13-14-7-4-3-5-8-14/h3-5,7-8,15-18H,2,6,9-13H2,1H3. The summed E-state index contributed by atoms with van der Waals surface area (Å²) < 4.78 is 5.45. The second-order valence-electron chi connectivity index (χ2n) is 6.90. The van der Waals surface area contributed by atoms with Crippen LogP contribution in [0.25, 0.3) is 0 Å². The second-order valence-corrected chi connectivity index (χ2v) is 6.90. The quantitative estimate of drug-likeness (QED) is 0.715. The smallest absolute Gasteiger partial charge is 0.306 e. The van der Waals surface area contributed by atoms with Gasteiger partial charge in [0.25, 0.3) is 0 Å². The molecule has 0 spiro atoms. The summed E-state index contributed by atoms with van der Waals surface area (Å²) in [5.74, 6) is 3.13. The fourth-order valence-electron chi connectivity index (χ4n) is 4.60. The predicted octanol–water partition coefficient (Wildman–Crippen LogP) is 4.58. The molecule has 2 nitrogen and oxygen atoms in total. The Hall–Kier alpha value is -1.31. The molecule has 2 heteroatoms. The van der Waals surface area contributed by atoms with Gasteiger partial charge in [-0.25, -0.2) is 0 Å². The van der Waals surface area contributed by atoms with E-state index < -0.39 is 0 Å². The van der Waals surface area contributed by atoms with E-state index >= 15 is 0 Å². The van der Waals surface area contributed by atoms with E-state index in [9.17, 15) is 4.79 Å². The van der Waals surface area contributed by atoms with E-state index in [1.165, 1.54) is 32.1 Å². The number of carbonyl (C=O) groups excluding carboxylic acids is 1. The number of esters is 1. The van der Waals surface area contributed by atoms with Crippen LogP contribution in [-0.2, 0) is 16.1 Å². The lowest BCUT2D eigenvalue weighted by Crippen LogP contribution is -2.23. The minimum Gasteiger partial charge on any atom is -0.461 e. The summed E-state index contributed by atoms with van der Waals surface area (Å²) in [6.07, 6.45) is 7.28. The van der Waals surface area contributed by atoms with Gasteiger partial charge in [0.2, 0.25) is 0 Å². The Kier molecular flexibility index (Phi) is 4.62. The molecule has 4 unspecified atom stereocenters. The summed E-state index contributed by atoms with van der Waals surface area (Å²) in [5.41, 5.74) is 1.07. The highest BCUT2D eigenvalue weighted by Gasteiger charge is 2.45. The Morgan fingerprint density at radius 1 is 1.14 bits per heavy atom. The number of rotatable bonds is 6. The molecule has 114 valence electrons.